The van der Waals surface area contributed by atoms with Gasteiger partial charge in [0, 0.05) is 0 Å². The van der Waals surface area contributed by atoms with E-state index < -0.39 is 0 Å². The van der Waals surface area contributed by atoms with Gasteiger partial charge in [0.1, 0.15) is 0 Å². The molecule has 13 heavy (non-hydrogen) atoms. The average molecular weight is 254 g/mol. The Kier molecular flexibility index (Phi) is 10.4. The molecule has 72 valence electrons. The van der Waals surface area contributed by atoms with E-state index in [1.54, 1.807) is 0 Å². The summed E-state index contributed by atoms with van der Waals surface area (Å²) < 4.78 is 0. The van der Waals surface area contributed by atoms with Crippen molar-refractivity contribution in [2.45, 2.75) is 34.6 Å². The van der Waals surface area contributed by atoms with Gasteiger partial charge in [-0.25, -0.2) is 0 Å². The third-order valence-corrected chi connectivity index (χ3v) is 2.81. The van der Waals surface area contributed by atoms with Crippen LogP contribution in [0, 0.1) is 34.6 Å². The second kappa shape index (κ2) is 7.01. The average Bonchev–Trinajstić information content (AvgIpc) is 2.07. The molecular formula is C10H15Cl2Ti+. The van der Waals surface area contributed by atoms with Crippen LogP contribution in [0.4, 0.5) is 0 Å². The molecular weight excluding hydrogens is 239 g/mol. The Morgan fingerprint density at radius 2 is 1.00 bits per heavy atom. The Bertz CT molecular complexity index is 184. The van der Waals surface area contributed by atoms with E-state index in [4.69, 9.17) is 0 Å². The molecule has 0 nitrogen and oxygen atoms in total. The first-order valence-electron chi connectivity index (χ1n) is 3.75. The van der Waals surface area contributed by atoms with E-state index in [1.807, 2.05) is 0 Å². The molecule has 0 aliphatic carbocycles. The van der Waals surface area contributed by atoms with Gasteiger partial charge in [0.15, 0.2) is 0 Å². The van der Waals surface area contributed by atoms with Crippen molar-refractivity contribution < 1.29 is 46.5 Å². The molecule has 0 aromatic heterocycles. The largest absolute Gasteiger partial charge is 4.00 e. The maximum atomic E-state index is 2.20. The number of halogens is 2. The summed E-state index contributed by atoms with van der Waals surface area (Å²) in [5, 5.41) is 0. The minimum atomic E-state index is 0. The summed E-state index contributed by atoms with van der Waals surface area (Å²) in [7, 11) is 0. The van der Waals surface area contributed by atoms with Gasteiger partial charge in [0.05, 0.1) is 0 Å². The summed E-state index contributed by atoms with van der Waals surface area (Å²) in [4.78, 5) is 0. The van der Waals surface area contributed by atoms with Crippen molar-refractivity contribution in [3.8, 4) is 0 Å². The smallest absolute Gasteiger partial charge is 1.00 e. The van der Waals surface area contributed by atoms with Crippen molar-refractivity contribution in [3.63, 3.8) is 0 Å². The van der Waals surface area contributed by atoms with Crippen LogP contribution < -0.4 is 24.8 Å². The molecule has 0 spiro atoms. The van der Waals surface area contributed by atoms with Gasteiger partial charge in [-0.05, 0) is 0 Å². The normalized spacial score (nSPS) is 8.08. The van der Waals surface area contributed by atoms with Gasteiger partial charge >= 0.3 is 21.7 Å². The first-order valence-corrected chi connectivity index (χ1v) is 3.75. The van der Waals surface area contributed by atoms with E-state index in [9.17, 15) is 0 Å². The molecule has 0 amide bonds. The van der Waals surface area contributed by atoms with Crippen LogP contribution >= 0.6 is 0 Å². The fourth-order valence-corrected chi connectivity index (χ4v) is 1.41. The van der Waals surface area contributed by atoms with E-state index in [0.717, 1.165) is 0 Å². The summed E-state index contributed by atoms with van der Waals surface area (Å²) in [5.74, 6) is 0. The van der Waals surface area contributed by atoms with Gasteiger partial charge in [-0.1, -0.05) is 34.6 Å². The van der Waals surface area contributed by atoms with E-state index >= 15 is 0 Å². The summed E-state index contributed by atoms with van der Waals surface area (Å²) in [6, 6.07) is 0. The molecule has 3 heteroatoms. The van der Waals surface area contributed by atoms with Crippen molar-refractivity contribution in [2.24, 2.45) is 0 Å². The predicted octanol–water partition coefficient (Wildman–Crippen LogP) is -3.05. The monoisotopic (exact) mass is 253 g/mol. The summed E-state index contributed by atoms with van der Waals surface area (Å²) in [6.45, 7) is 11.0. The summed E-state index contributed by atoms with van der Waals surface area (Å²) >= 11 is 0. The molecule has 0 unspecified atom stereocenters. The third-order valence-electron chi connectivity index (χ3n) is 2.81. The van der Waals surface area contributed by atoms with Crippen LogP contribution in [0.3, 0.4) is 0 Å². The van der Waals surface area contributed by atoms with E-state index in [-0.39, 0.29) is 46.5 Å². The van der Waals surface area contributed by atoms with Crippen molar-refractivity contribution in [2.75, 3.05) is 0 Å². The first-order chi connectivity index (χ1) is 4.55. The minimum absolute atomic E-state index is 0. The minimum Gasteiger partial charge on any atom is -1.00 e. The van der Waals surface area contributed by atoms with Crippen molar-refractivity contribution in [1.29, 1.82) is 0 Å². The molecule has 1 rings (SSSR count). The van der Waals surface area contributed by atoms with Crippen LogP contribution in [0.25, 0.3) is 0 Å². The summed E-state index contributed by atoms with van der Waals surface area (Å²) in [5.41, 5.74) is 7.34. The molecule has 0 saturated heterocycles. The molecule has 0 radical (unpaired) electrons. The molecule has 0 aliphatic heterocycles. The second-order valence-electron chi connectivity index (χ2n) is 3.12. The second-order valence-corrected chi connectivity index (χ2v) is 3.12. The van der Waals surface area contributed by atoms with Crippen LogP contribution in [0.15, 0.2) is 0 Å². The summed E-state index contributed by atoms with van der Waals surface area (Å²) in [6.07, 6.45) is 0. The molecule has 0 N–H and O–H groups in total. The van der Waals surface area contributed by atoms with Crippen LogP contribution in [0.1, 0.15) is 27.8 Å². The predicted molar refractivity (Wildman–Crippen MR) is 45.7 cm³/mol. The van der Waals surface area contributed by atoms with Gasteiger partial charge in [-0.3, -0.25) is 0 Å². The fourth-order valence-electron chi connectivity index (χ4n) is 1.41. The zero-order chi connectivity index (χ0) is 7.89. The van der Waals surface area contributed by atoms with E-state index in [0.29, 0.717) is 0 Å². The Labute approximate surface area is 109 Å². The molecule has 0 aliphatic rings. The molecule has 0 fully saturated rings. The maximum absolute atomic E-state index is 2.20. The van der Waals surface area contributed by atoms with E-state index in [2.05, 4.69) is 34.6 Å². The zero-order valence-electron chi connectivity index (χ0n) is 8.76. The Morgan fingerprint density at radius 3 is 1.08 bits per heavy atom. The van der Waals surface area contributed by atoms with Crippen molar-refractivity contribution >= 4 is 0 Å². The topological polar surface area (TPSA) is 0 Å². The molecule has 0 heterocycles. The fraction of sp³-hybridized carbons (Fsp3) is 0.500. The molecule has 0 atom stereocenters. The van der Waals surface area contributed by atoms with Crippen molar-refractivity contribution in [3.05, 3.63) is 27.8 Å². The first kappa shape index (κ1) is 19.3. The van der Waals surface area contributed by atoms with Crippen LogP contribution in [-0.4, -0.2) is 0 Å². The number of hydrogen-bond donors (Lipinski definition) is 0. The van der Waals surface area contributed by atoms with Gasteiger partial charge in [0.2, 0.25) is 0 Å². The quantitative estimate of drug-likeness (QED) is 0.341. The molecule has 1 aromatic rings. The Morgan fingerprint density at radius 1 is 0.769 bits per heavy atom. The third kappa shape index (κ3) is 3.36. The van der Waals surface area contributed by atoms with Gasteiger partial charge in [-0.15, -0.1) is 0 Å². The van der Waals surface area contributed by atoms with Gasteiger partial charge in [0.25, 0.3) is 0 Å². The van der Waals surface area contributed by atoms with Crippen molar-refractivity contribution in [1.82, 2.24) is 0 Å². The number of hydrogen-bond acceptors (Lipinski definition) is 0. The number of rotatable bonds is 0. The molecule has 1 aromatic carbocycles. The Balaban J connectivity index is -0.000000333. The molecule has 0 bridgehead atoms. The maximum Gasteiger partial charge on any atom is 4.00 e. The zero-order valence-corrected chi connectivity index (χ0v) is 11.8. The van der Waals surface area contributed by atoms with E-state index in [1.165, 1.54) is 27.8 Å². The SMILES string of the molecule is Cc1c(C)c(C)[c-](C)c1C.[Cl-].[Cl-].[Ti+4]. The Hall–Kier alpha value is 0.644. The van der Waals surface area contributed by atoms with Gasteiger partial charge in [-0.2, -0.15) is 27.8 Å². The van der Waals surface area contributed by atoms with Crippen LogP contribution in [0.2, 0.25) is 0 Å². The van der Waals surface area contributed by atoms with Gasteiger partial charge < -0.3 is 24.8 Å². The van der Waals surface area contributed by atoms with Crippen LogP contribution in [-0.2, 0) is 21.7 Å². The standard InChI is InChI=1S/C10H15.2ClH.Ti/c1-6-7(2)9(4)10(5)8(6)3;;;/h1-5H3;2*1H;/q-1;;;+4/p-2. The van der Waals surface area contributed by atoms with Crippen LogP contribution in [0.5, 0.6) is 0 Å². The molecule has 0 saturated carbocycles.